The summed E-state index contributed by atoms with van der Waals surface area (Å²) in [5, 5.41) is 10.3. The zero-order valence-corrected chi connectivity index (χ0v) is 12.3. The van der Waals surface area contributed by atoms with Gasteiger partial charge in [0.25, 0.3) is 5.91 Å². The number of hydrogen-bond acceptors (Lipinski definition) is 5. The quantitative estimate of drug-likeness (QED) is 0.877. The van der Waals surface area contributed by atoms with Crippen LogP contribution in [-0.2, 0) is 4.74 Å². The standard InChI is InChI=1S/C13H9Cl2N3O3/c1-21-13(20)8-3-2-7(14)6-10(8)16-12(19)9-4-5-11(15)18-17-9/h2-6H,1H3,(H,16,19). The predicted octanol–water partition coefficient (Wildman–Crippen LogP) is 2.82. The average molecular weight is 326 g/mol. The topological polar surface area (TPSA) is 81.2 Å². The molecule has 1 aromatic heterocycles. The molecular weight excluding hydrogens is 317 g/mol. The van der Waals surface area contributed by atoms with Gasteiger partial charge < -0.3 is 10.1 Å². The third kappa shape index (κ3) is 3.68. The Labute approximate surface area is 130 Å². The molecule has 8 heteroatoms. The molecule has 1 amide bonds. The van der Waals surface area contributed by atoms with Gasteiger partial charge in [0, 0.05) is 5.02 Å². The SMILES string of the molecule is COC(=O)c1ccc(Cl)cc1NC(=O)c1ccc(Cl)nn1. The summed E-state index contributed by atoms with van der Waals surface area (Å²) in [4.78, 5) is 23.7. The van der Waals surface area contributed by atoms with Gasteiger partial charge in [0.05, 0.1) is 18.4 Å². The number of aromatic nitrogens is 2. The van der Waals surface area contributed by atoms with E-state index >= 15 is 0 Å². The van der Waals surface area contributed by atoms with Crippen LogP contribution in [0.5, 0.6) is 0 Å². The molecule has 0 radical (unpaired) electrons. The van der Waals surface area contributed by atoms with Crippen LogP contribution in [0, 0.1) is 0 Å². The number of halogens is 2. The fourth-order valence-corrected chi connectivity index (χ4v) is 1.80. The van der Waals surface area contributed by atoms with Crippen LogP contribution in [-0.4, -0.2) is 29.2 Å². The van der Waals surface area contributed by atoms with Crippen molar-refractivity contribution in [2.75, 3.05) is 12.4 Å². The zero-order valence-electron chi connectivity index (χ0n) is 10.8. The highest BCUT2D eigenvalue weighted by Gasteiger charge is 2.16. The van der Waals surface area contributed by atoms with E-state index in [0.717, 1.165) is 0 Å². The Morgan fingerprint density at radius 3 is 2.52 bits per heavy atom. The fraction of sp³-hybridized carbons (Fsp3) is 0.0769. The highest BCUT2D eigenvalue weighted by molar-refractivity contribution is 6.31. The molecule has 0 fully saturated rings. The number of ether oxygens (including phenoxy) is 1. The van der Waals surface area contributed by atoms with E-state index in [9.17, 15) is 9.59 Å². The lowest BCUT2D eigenvalue weighted by molar-refractivity contribution is 0.0602. The second kappa shape index (κ2) is 6.51. The van der Waals surface area contributed by atoms with Crippen molar-refractivity contribution in [1.82, 2.24) is 10.2 Å². The van der Waals surface area contributed by atoms with Crippen LogP contribution in [0.15, 0.2) is 30.3 Å². The molecule has 0 aliphatic rings. The molecule has 1 heterocycles. The van der Waals surface area contributed by atoms with Gasteiger partial charge in [-0.1, -0.05) is 23.2 Å². The van der Waals surface area contributed by atoms with Crippen LogP contribution in [0.2, 0.25) is 10.2 Å². The van der Waals surface area contributed by atoms with E-state index in [2.05, 4.69) is 20.3 Å². The van der Waals surface area contributed by atoms with Gasteiger partial charge >= 0.3 is 5.97 Å². The molecule has 0 aliphatic carbocycles. The number of benzene rings is 1. The van der Waals surface area contributed by atoms with Crippen molar-refractivity contribution in [2.24, 2.45) is 0 Å². The van der Waals surface area contributed by atoms with Crippen molar-refractivity contribution >= 4 is 40.8 Å². The maximum atomic E-state index is 12.0. The minimum Gasteiger partial charge on any atom is -0.465 e. The Hall–Kier alpha value is -2.18. The molecule has 0 bridgehead atoms. The number of esters is 1. The van der Waals surface area contributed by atoms with Gasteiger partial charge in [-0.25, -0.2) is 4.79 Å². The van der Waals surface area contributed by atoms with E-state index in [1.165, 1.54) is 37.4 Å². The molecule has 6 nitrogen and oxygen atoms in total. The highest BCUT2D eigenvalue weighted by Crippen LogP contribution is 2.22. The smallest absolute Gasteiger partial charge is 0.339 e. The number of methoxy groups -OCH3 is 1. The summed E-state index contributed by atoms with van der Waals surface area (Å²) in [5.74, 6) is -1.14. The van der Waals surface area contributed by atoms with Gasteiger partial charge in [-0.2, -0.15) is 0 Å². The Kier molecular flexibility index (Phi) is 4.72. The monoisotopic (exact) mass is 325 g/mol. The lowest BCUT2D eigenvalue weighted by Crippen LogP contribution is -2.17. The maximum Gasteiger partial charge on any atom is 0.339 e. The first-order valence-corrected chi connectivity index (χ1v) is 6.45. The summed E-state index contributed by atoms with van der Waals surface area (Å²) in [6, 6.07) is 7.26. The highest BCUT2D eigenvalue weighted by atomic mass is 35.5. The van der Waals surface area contributed by atoms with Gasteiger partial charge in [0.1, 0.15) is 0 Å². The van der Waals surface area contributed by atoms with Crippen molar-refractivity contribution in [2.45, 2.75) is 0 Å². The number of nitrogens with zero attached hydrogens (tertiary/aromatic N) is 2. The summed E-state index contributed by atoms with van der Waals surface area (Å²) >= 11 is 11.5. The number of rotatable bonds is 3. The van der Waals surface area contributed by atoms with Crippen LogP contribution in [0.4, 0.5) is 5.69 Å². The van der Waals surface area contributed by atoms with Crippen molar-refractivity contribution in [3.63, 3.8) is 0 Å². The van der Waals surface area contributed by atoms with Crippen molar-refractivity contribution in [1.29, 1.82) is 0 Å². The lowest BCUT2D eigenvalue weighted by Gasteiger charge is -2.09. The molecule has 0 saturated carbocycles. The first-order valence-electron chi connectivity index (χ1n) is 5.69. The van der Waals surface area contributed by atoms with E-state index in [0.29, 0.717) is 5.02 Å². The molecule has 1 N–H and O–H groups in total. The maximum absolute atomic E-state index is 12.0. The minimum absolute atomic E-state index is 0.0511. The first kappa shape index (κ1) is 15.2. The van der Waals surface area contributed by atoms with Crippen LogP contribution >= 0.6 is 23.2 Å². The van der Waals surface area contributed by atoms with Gasteiger partial charge in [0.15, 0.2) is 10.8 Å². The molecule has 2 rings (SSSR count). The minimum atomic E-state index is -0.593. The molecule has 0 aliphatic heterocycles. The molecule has 0 saturated heterocycles. The molecule has 108 valence electrons. The summed E-state index contributed by atoms with van der Waals surface area (Å²) in [7, 11) is 1.24. The molecule has 1 aromatic carbocycles. The summed E-state index contributed by atoms with van der Waals surface area (Å²) in [6.07, 6.45) is 0. The average Bonchev–Trinajstić information content (AvgIpc) is 2.47. The van der Waals surface area contributed by atoms with E-state index in [-0.39, 0.29) is 22.1 Å². The normalized spacial score (nSPS) is 10.0. The van der Waals surface area contributed by atoms with E-state index in [4.69, 9.17) is 23.2 Å². The Morgan fingerprint density at radius 2 is 1.90 bits per heavy atom. The van der Waals surface area contributed by atoms with Gasteiger partial charge in [-0.3, -0.25) is 4.79 Å². The third-order valence-corrected chi connectivity index (χ3v) is 2.94. The Balaban J connectivity index is 2.30. The second-order valence-electron chi connectivity index (χ2n) is 3.88. The zero-order chi connectivity index (χ0) is 15.4. The van der Waals surface area contributed by atoms with Gasteiger partial charge in [0.2, 0.25) is 0 Å². The third-order valence-electron chi connectivity index (χ3n) is 2.50. The van der Waals surface area contributed by atoms with E-state index in [1.807, 2.05) is 0 Å². The van der Waals surface area contributed by atoms with Crippen LogP contribution in [0.3, 0.4) is 0 Å². The molecule has 0 unspecified atom stereocenters. The summed E-state index contributed by atoms with van der Waals surface area (Å²) in [6.45, 7) is 0. The van der Waals surface area contributed by atoms with Crippen LogP contribution in [0.1, 0.15) is 20.8 Å². The number of hydrogen-bond donors (Lipinski definition) is 1. The van der Waals surface area contributed by atoms with Gasteiger partial charge in [-0.15, -0.1) is 10.2 Å². The predicted molar refractivity (Wildman–Crippen MR) is 77.8 cm³/mol. The van der Waals surface area contributed by atoms with Crippen LogP contribution in [0.25, 0.3) is 0 Å². The molecular formula is C13H9Cl2N3O3. The Morgan fingerprint density at radius 1 is 1.14 bits per heavy atom. The largest absolute Gasteiger partial charge is 0.465 e. The molecule has 0 spiro atoms. The fourth-order valence-electron chi connectivity index (χ4n) is 1.53. The number of carbonyl (C=O) groups excluding carboxylic acids is 2. The van der Waals surface area contributed by atoms with Crippen LogP contribution < -0.4 is 5.32 Å². The Bertz CT molecular complexity index is 690. The number of anilines is 1. The molecule has 0 atom stereocenters. The van der Waals surface area contributed by atoms with E-state index < -0.39 is 11.9 Å². The molecule has 21 heavy (non-hydrogen) atoms. The first-order chi connectivity index (χ1) is 10.0. The number of amides is 1. The van der Waals surface area contributed by atoms with Gasteiger partial charge in [-0.05, 0) is 30.3 Å². The van der Waals surface area contributed by atoms with Crippen molar-refractivity contribution in [3.8, 4) is 0 Å². The summed E-state index contributed by atoms with van der Waals surface area (Å²) < 4.78 is 4.64. The lowest BCUT2D eigenvalue weighted by atomic mass is 10.1. The van der Waals surface area contributed by atoms with Crippen molar-refractivity contribution in [3.05, 3.63) is 51.8 Å². The van der Waals surface area contributed by atoms with Crippen molar-refractivity contribution < 1.29 is 14.3 Å². The second-order valence-corrected chi connectivity index (χ2v) is 4.70. The van der Waals surface area contributed by atoms with E-state index in [1.54, 1.807) is 0 Å². The number of nitrogens with one attached hydrogen (secondary N) is 1. The number of carbonyl (C=O) groups is 2. The molecule has 2 aromatic rings. The summed E-state index contributed by atoms with van der Waals surface area (Å²) in [5.41, 5.74) is 0.448.